The van der Waals surface area contributed by atoms with Gasteiger partial charge < -0.3 is 20.1 Å². The van der Waals surface area contributed by atoms with Crippen LogP contribution in [0.3, 0.4) is 0 Å². The average molecular weight is 533 g/mol. The number of amides is 2. The molecule has 2 amide bonds. The number of methoxy groups -OCH3 is 1. The first-order valence-electron chi connectivity index (χ1n) is 11.3. The van der Waals surface area contributed by atoms with Gasteiger partial charge in [-0.1, -0.05) is 0 Å². The zero-order chi connectivity index (χ0) is 28.5. The van der Waals surface area contributed by atoms with Crippen LogP contribution in [0.5, 0.6) is 11.6 Å². The maximum Gasteiger partial charge on any atom is 0.573 e. The first-order chi connectivity index (χ1) is 18.3. The van der Waals surface area contributed by atoms with Crippen LogP contribution >= 0.6 is 0 Å². The minimum atomic E-state index is -5.03. The van der Waals surface area contributed by atoms with Crippen molar-refractivity contribution >= 4 is 23.3 Å². The van der Waals surface area contributed by atoms with Crippen molar-refractivity contribution < 1.29 is 38.0 Å². The number of imidazole rings is 1. The summed E-state index contributed by atoms with van der Waals surface area (Å²) < 4.78 is 71.2. The summed E-state index contributed by atoms with van der Waals surface area (Å²) in [5.74, 6) is -2.86. The fourth-order valence-corrected chi connectivity index (χ4v) is 3.49. The second-order valence-electron chi connectivity index (χ2n) is 7.88. The van der Waals surface area contributed by atoms with Crippen LogP contribution < -0.4 is 20.1 Å². The molecule has 0 aliphatic carbocycles. The first-order valence-corrected chi connectivity index (χ1v) is 10.8. The van der Waals surface area contributed by atoms with Crippen molar-refractivity contribution in [2.45, 2.75) is 26.2 Å². The molecule has 0 aliphatic heterocycles. The van der Waals surface area contributed by atoms with Gasteiger partial charge in [0.05, 0.1) is 26.4 Å². The molecule has 0 saturated heterocycles. The molecule has 3 heterocycles. The third-order valence-electron chi connectivity index (χ3n) is 5.09. The lowest BCUT2D eigenvalue weighted by Crippen LogP contribution is -2.28. The fourth-order valence-electron chi connectivity index (χ4n) is 3.49. The molecule has 0 radical (unpaired) electrons. The zero-order valence-corrected chi connectivity index (χ0v) is 20.1. The minimum absolute atomic E-state index is 0.127. The maximum atomic E-state index is 14.5. The van der Waals surface area contributed by atoms with E-state index >= 15 is 0 Å². The third kappa shape index (κ3) is 5.96. The lowest BCUT2D eigenvalue weighted by molar-refractivity contribution is -0.274. The normalized spacial score (nSPS) is 13.4. The molecule has 198 valence electrons. The average Bonchev–Trinajstić information content (AvgIpc) is 3.24. The molecule has 1 atom stereocenters. The quantitative estimate of drug-likeness (QED) is 0.340. The van der Waals surface area contributed by atoms with E-state index in [1.807, 2.05) is 0 Å². The Morgan fingerprint density at radius 3 is 2.63 bits per heavy atom. The topological polar surface area (TPSA) is 120 Å². The molecule has 4 aromatic rings. The van der Waals surface area contributed by atoms with E-state index in [0.717, 1.165) is 13.0 Å². The number of rotatable bonds is 7. The number of pyridine rings is 1. The standard InChI is InChI=1S/C24H20F4N6O4/c1-12(16-9-15(4-5-18(16)25)38-24(26,27)28)30-22(36)17-8-14(10-29-23(17)37-3)19-6-7-21-32-20(31-13(2)35)11-34(21)33-19/h4-12H,1-3H3,(H,30,36)(H,31,35)/i12D. The van der Waals surface area contributed by atoms with E-state index in [4.69, 9.17) is 6.11 Å². The fraction of sp³-hybridized carbons (Fsp3) is 0.208. The summed E-state index contributed by atoms with van der Waals surface area (Å²) in [6.07, 6.45) is -2.16. The Kier molecular flexibility index (Phi) is 6.77. The Bertz CT molecular complexity index is 1570. The molecular formula is C24H20F4N6O4. The monoisotopic (exact) mass is 533 g/mol. The lowest BCUT2D eigenvalue weighted by atomic mass is 10.1. The highest BCUT2D eigenvalue weighted by Gasteiger charge is 2.31. The van der Waals surface area contributed by atoms with Gasteiger partial charge in [0.25, 0.3) is 5.91 Å². The number of halogens is 4. The molecule has 0 aliphatic rings. The van der Waals surface area contributed by atoms with Crippen LogP contribution in [0.4, 0.5) is 23.4 Å². The zero-order valence-electron chi connectivity index (χ0n) is 21.1. The number of nitrogens with one attached hydrogen (secondary N) is 2. The van der Waals surface area contributed by atoms with Crippen molar-refractivity contribution in [3.05, 3.63) is 65.7 Å². The molecule has 4 rings (SSSR count). The Labute approximate surface area is 214 Å². The van der Waals surface area contributed by atoms with Crippen LogP contribution in [0.2, 0.25) is 0 Å². The number of benzene rings is 1. The molecule has 2 N–H and O–H groups in total. The number of aromatic nitrogens is 4. The second-order valence-corrected chi connectivity index (χ2v) is 7.88. The van der Waals surface area contributed by atoms with E-state index < -0.39 is 35.4 Å². The van der Waals surface area contributed by atoms with Gasteiger partial charge in [0.2, 0.25) is 11.8 Å². The predicted molar refractivity (Wildman–Crippen MR) is 126 cm³/mol. The van der Waals surface area contributed by atoms with Gasteiger partial charge in [0.15, 0.2) is 11.5 Å². The van der Waals surface area contributed by atoms with E-state index in [9.17, 15) is 27.2 Å². The molecule has 0 spiro atoms. The van der Waals surface area contributed by atoms with Crippen LogP contribution in [-0.2, 0) is 4.79 Å². The summed E-state index contributed by atoms with van der Waals surface area (Å²) in [5.41, 5.74) is 0.433. The van der Waals surface area contributed by atoms with Crippen molar-refractivity contribution in [2.75, 3.05) is 12.4 Å². The van der Waals surface area contributed by atoms with Gasteiger partial charge in [-0.25, -0.2) is 18.9 Å². The van der Waals surface area contributed by atoms with Crippen LogP contribution in [0.1, 0.15) is 37.2 Å². The SMILES string of the molecule is [2H]C(C)(NC(=O)c1cc(-c2ccc3nc(NC(C)=O)cn3n2)cnc1OC)c1cc(OC(F)(F)F)ccc1F. The third-order valence-corrected chi connectivity index (χ3v) is 5.09. The van der Waals surface area contributed by atoms with Gasteiger partial charge >= 0.3 is 6.36 Å². The summed E-state index contributed by atoms with van der Waals surface area (Å²) in [7, 11) is 1.26. The van der Waals surface area contributed by atoms with E-state index in [0.29, 0.717) is 29.0 Å². The minimum Gasteiger partial charge on any atom is -0.480 e. The number of anilines is 1. The molecule has 0 fully saturated rings. The van der Waals surface area contributed by atoms with Gasteiger partial charge in [0.1, 0.15) is 17.1 Å². The molecule has 0 saturated carbocycles. The van der Waals surface area contributed by atoms with Gasteiger partial charge in [-0.15, -0.1) is 13.2 Å². The molecular weight excluding hydrogens is 512 g/mol. The highest BCUT2D eigenvalue weighted by atomic mass is 19.4. The number of ether oxygens (including phenoxy) is 2. The summed E-state index contributed by atoms with van der Waals surface area (Å²) in [6.45, 7) is 2.42. The van der Waals surface area contributed by atoms with Crippen LogP contribution in [-0.4, -0.2) is 44.9 Å². The molecule has 0 bridgehead atoms. The van der Waals surface area contributed by atoms with Crippen molar-refractivity contribution in [1.29, 1.82) is 0 Å². The van der Waals surface area contributed by atoms with Gasteiger partial charge in [-0.3, -0.25) is 9.59 Å². The Balaban J connectivity index is 1.65. The molecule has 1 unspecified atom stereocenters. The number of nitrogens with zero attached hydrogens (tertiary/aromatic N) is 4. The van der Waals surface area contributed by atoms with Crippen molar-refractivity contribution in [3.8, 4) is 22.9 Å². The summed E-state index contributed by atoms with van der Waals surface area (Å²) in [6, 6.07) is 4.51. The summed E-state index contributed by atoms with van der Waals surface area (Å²) in [5, 5.41) is 9.22. The number of fused-ring (bicyclic) bond motifs is 1. The number of hydrogen-bond acceptors (Lipinski definition) is 7. The van der Waals surface area contributed by atoms with Crippen molar-refractivity contribution in [3.63, 3.8) is 0 Å². The number of hydrogen-bond donors (Lipinski definition) is 2. The molecule has 1 aromatic carbocycles. The predicted octanol–water partition coefficient (Wildman–Crippen LogP) is 4.29. The highest BCUT2D eigenvalue weighted by molar-refractivity contribution is 5.97. The Morgan fingerprint density at radius 1 is 1.18 bits per heavy atom. The number of carbonyl (C=O) groups excluding carboxylic acids is 2. The van der Waals surface area contributed by atoms with Gasteiger partial charge in [-0.05, 0) is 43.3 Å². The van der Waals surface area contributed by atoms with Gasteiger partial charge in [0, 0.05) is 24.2 Å². The van der Waals surface area contributed by atoms with E-state index in [2.05, 4.69) is 30.4 Å². The van der Waals surface area contributed by atoms with Crippen LogP contribution in [0.25, 0.3) is 16.9 Å². The van der Waals surface area contributed by atoms with Crippen LogP contribution in [0.15, 0.2) is 48.8 Å². The molecule has 10 nitrogen and oxygen atoms in total. The number of carbonyl (C=O) groups is 2. The largest absolute Gasteiger partial charge is 0.573 e. The van der Waals surface area contributed by atoms with Gasteiger partial charge in [-0.2, -0.15) is 5.10 Å². The Morgan fingerprint density at radius 2 is 1.95 bits per heavy atom. The second kappa shape index (κ2) is 10.3. The maximum absolute atomic E-state index is 14.5. The van der Waals surface area contributed by atoms with E-state index in [1.54, 1.807) is 12.1 Å². The Hall–Kier alpha value is -4.75. The number of alkyl halides is 3. The molecule has 38 heavy (non-hydrogen) atoms. The van der Waals surface area contributed by atoms with E-state index in [1.165, 1.54) is 37.0 Å². The van der Waals surface area contributed by atoms with E-state index in [-0.39, 0.29) is 23.2 Å². The smallest absolute Gasteiger partial charge is 0.480 e. The lowest BCUT2D eigenvalue weighted by Gasteiger charge is -2.18. The summed E-state index contributed by atoms with van der Waals surface area (Å²) >= 11 is 0. The highest BCUT2D eigenvalue weighted by Crippen LogP contribution is 2.29. The first kappa shape index (κ1) is 24.9. The summed E-state index contributed by atoms with van der Waals surface area (Å²) in [4.78, 5) is 32.8. The molecule has 14 heteroatoms. The van der Waals surface area contributed by atoms with Crippen molar-refractivity contribution in [1.82, 2.24) is 24.9 Å². The molecule has 3 aromatic heterocycles. The van der Waals surface area contributed by atoms with Crippen molar-refractivity contribution in [2.24, 2.45) is 0 Å². The van der Waals surface area contributed by atoms with Crippen LogP contribution in [0, 0.1) is 5.82 Å².